The molecule has 0 amide bonds. The van der Waals surface area contributed by atoms with Gasteiger partial charge in [-0.1, -0.05) is 149 Å². The molecule has 0 rings (SSSR count). The minimum absolute atomic E-state index is 0.0429. The van der Waals surface area contributed by atoms with E-state index in [2.05, 4.69) is 13.8 Å². The third kappa shape index (κ3) is 30.1. The van der Waals surface area contributed by atoms with Gasteiger partial charge in [0, 0.05) is 19.3 Å². The fourth-order valence-corrected chi connectivity index (χ4v) is 5.91. The predicted molar refractivity (Wildman–Crippen MR) is 193 cm³/mol. The first kappa shape index (κ1) is 45.3. The van der Waals surface area contributed by atoms with Gasteiger partial charge in [0.05, 0.1) is 34.4 Å². The van der Waals surface area contributed by atoms with E-state index < -0.39 is 18.1 Å². The predicted octanol–water partition coefficient (Wildman–Crippen LogP) is 9.80. The average Bonchev–Trinajstić information content (AvgIpc) is 3.01. The van der Waals surface area contributed by atoms with Gasteiger partial charge in [-0.3, -0.25) is 9.59 Å². The van der Waals surface area contributed by atoms with Gasteiger partial charge in [-0.2, -0.15) is 0 Å². The smallest absolute Gasteiger partial charge is 0.362 e. The number of hydrogen-bond acceptors (Lipinski definition) is 6. The van der Waals surface area contributed by atoms with Crippen LogP contribution in [0.2, 0.25) is 0 Å². The van der Waals surface area contributed by atoms with E-state index in [9.17, 15) is 19.5 Å². The molecule has 2 unspecified atom stereocenters. The number of rotatable bonds is 35. The van der Waals surface area contributed by atoms with E-state index in [1.54, 1.807) is 0 Å². The number of quaternary nitrogens is 1. The summed E-state index contributed by atoms with van der Waals surface area (Å²) in [5, 5.41) is 9.57. The quantitative estimate of drug-likeness (QED) is 0.0407. The highest BCUT2D eigenvalue weighted by molar-refractivity contribution is 5.72. The number of likely N-dealkylation sites (N-methyl/N-ethyl adjacent to an activating group) is 1. The number of carbonyl (C=O) groups is 3. The third-order valence-electron chi connectivity index (χ3n) is 9.01. The van der Waals surface area contributed by atoms with Crippen LogP contribution < -0.4 is 0 Å². The number of esters is 2. The molecule has 8 nitrogen and oxygen atoms in total. The molecule has 8 heteroatoms. The molecule has 0 bridgehead atoms. The maximum Gasteiger partial charge on any atom is 0.362 e. The van der Waals surface area contributed by atoms with Crippen molar-refractivity contribution in [2.75, 3.05) is 41.0 Å². The molecule has 0 heterocycles. The van der Waals surface area contributed by atoms with Crippen molar-refractivity contribution in [3.8, 4) is 0 Å². The number of carboxylic acid groups (broad SMARTS) is 1. The second-order valence-electron chi connectivity index (χ2n) is 14.6. The Morgan fingerprint density at radius 3 is 1.32 bits per heavy atom. The topological polar surface area (TPSA) is 99.1 Å². The molecule has 0 saturated heterocycles. The summed E-state index contributed by atoms with van der Waals surface area (Å²) in [4.78, 5) is 36.7. The van der Waals surface area contributed by atoms with Gasteiger partial charge >= 0.3 is 17.9 Å². The number of hydrogen-bond donors (Lipinski definition) is 1. The minimum Gasteiger partial charge on any atom is -0.477 e. The lowest BCUT2D eigenvalue weighted by Gasteiger charge is -2.31. The van der Waals surface area contributed by atoms with E-state index in [4.69, 9.17) is 14.2 Å². The van der Waals surface area contributed by atoms with Gasteiger partial charge in [-0.05, 0) is 12.8 Å². The van der Waals surface area contributed by atoms with Crippen LogP contribution in [0.25, 0.3) is 0 Å². The largest absolute Gasteiger partial charge is 0.477 e. The minimum atomic E-state index is -0.872. The van der Waals surface area contributed by atoms with E-state index >= 15 is 0 Å². The molecule has 0 aliphatic heterocycles. The molecule has 0 aromatic heterocycles. The molecular weight excluding hydrogens is 594 g/mol. The zero-order valence-corrected chi connectivity index (χ0v) is 31.5. The summed E-state index contributed by atoms with van der Waals surface area (Å²) >= 11 is 0. The van der Waals surface area contributed by atoms with Crippen LogP contribution in [0.1, 0.15) is 181 Å². The van der Waals surface area contributed by atoms with Gasteiger partial charge < -0.3 is 23.8 Å². The highest BCUT2D eigenvalue weighted by atomic mass is 16.6. The first-order chi connectivity index (χ1) is 22.6. The molecule has 0 fully saturated rings. The molecule has 0 spiro atoms. The Bertz CT molecular complexity index is 752. The lowest BCUT2D eigenvalue weighted by molar-refractivity contribution is -0.887. The highest BCUT2D eigenvalue weighted by Crippen LogP contribution is 2.15. The first-order valence-corrected chi connectivity index (χ1v) is 19.6. The molecule has 0 aliphatic carbocycles. The van der Waals surface area contributed by atoms with Gasteiger partial charge in [0.1, 0.15) is 6.61 Å². The lowest BCUT2D eigenvalue weighted by atomic mass is 10.0. The van der Waals surface area contributed by atoms with E-state index in [1.165, 1.54) is 109 Å². The van der Waals surface area contributed by atoms with Crippen LogP contribution >= 0.6 is 0 Å². The summed E-state index contributed by atoms with van der Waals surface area (Å²) in [5.41, 5.74) is 0. The lowest BCUT2D eigenvalue weighted by Crippen LogP contribution is -2.50. The highest BCUT2D eigenvalue weighted by Gasteiger charge is 2.31. The Balaban J connectivity index is 4.38. The van der Waals surface area contributed by atoms with Crippen molar-refractivity contribution in [3.05, 3.63) is 0 Å². The summed E-state index contributed by atoms with van der Waals surface area (Å²) in [5.74, 6) is -1.46. The number of nitrogens with zero attached hydrogens (tertiary/aromatic N) is 1. The molecule has 0 aromatic carbocycles. The number of aliphatic carboxylic acids is 1. The summed E-state index contributed by atoms with van der Waals surface area (Å²) in [6.45, 7) is 4.73. The molecule has 2 atom stereocenters. The van der Waals surface area contributed by atoms with Crippen molar-refractivity contribution >= 4 is 17.9 Å². The molecular formula is C39H76NO7+. The molecule has 0 aliphatic rings. The maximum atomic E-state index is 12.6. The molecule has 1 N–H and O–H groups in total. The van der Waals surface area contributed by atoms with Crippen molar-refractivity contribution < 1.29 is 38.2 Å². The number of carbonyl (C=O) groups excluding carboxylic acids is 2. The van der Waals surface area contributed by atoms with Gasteiger partial charge in [0.15, 0.2) is 12.1 Å². The molecule has 47 heavy (non-hydrogen) atoms. The summed E-state index contributed by atoms with van der Waals surface area (Å²) in [6, 6.07) is -0.606. The van der Waals surface area contributed by atoms with Crippen LogP contribution in [-0.2, 0) is 28.6 Å². The van der Waals surface area contributed by atoms with Crippen LogP contribution in [0.15, 0.2) is 0 Å². The summed E-state index contributed by atoms with van der Waals surface area (Å²) < 4.78 is 17.2. The SMILES string of the molecule is CCCCCCCCCCCCCCC(=O)OCC(COCCC(C(=O)O)[N+](C)(C)C)OC(=O)CCCCCCCCCCCCC. The molecule has 0 saturated carbocycles. The zero-order chi connectivity index (χ0) is 35.0. The molecule has 278 valence electrons. The number of carboxylic acids is 1. The maximum absolute atomic E-state index is 12.6. The van der Waals surface area contributed by atoms with Crippen molar-refractivity contribution in [1.82, 2.24) is 0 Å². The Kier molecular flexibility index (Phi) is 30.5. The van der Waals surface area contributed by atoms with Crippen molar-refractivity contribution in [1.29, 1.82) is 0 Å². The Morgan fingerprint density at radius 2 is 0.936 bits per heavy atom. The van der Waals surface area contributed by atoms with Crippen molar-refractivity contribution in [2.45, 2.75) is 193 Å². The van der Waals surface area contributed by atoms with E-state index in [1.807, 2.05) is 21.1 Å². The fourth-order valence-electron chi connectivity index (χ4n) is 5.91. The van der Waals surface area contributed by atoms with Gasteiger partial charge in [-0.25, -0.2) is 4.79 Å². The normalized spacial score (nSPS) is 13.0. The Hall–Kier alpha value is -1.67. The fraction of sp³-hybridized carbons (Fsp3) is 0.923. The number of unbranched alkanes of at least 4 members (excludes halogenated alkanes) is 21. The van der Waals surface area contributed by atoms with Crippen LogP contribution in [-0.4, -0.2) is 80.6 Å². The van der Waals surface area contributed by atoms with Crippen LogP contribution in [0, 0.1) is 0 Å². The van der Waals surface area contributed by atoms with Gasteiger partial charge in [0.25, 0.3) is 0 Å². The summed E-state index contributed by atoms with van der Waals surface area (Å²) in [6.07, 6.45) is 28.5. The third-order valence-corrected chi connectivity index (χ3v) is 9.01. The van der Waals surface area contributed by atoms with Crippen LogP contribution in [0.3, 0.4) is 0 Å². The monoisotopic (exact) mass is 671 g/mol. The second-order valence-corrected chi connectivity index (χ2v) is 14.6. The van der Waals surface area contributed by atoms with Crippen molar-refractivity contribution in [3.63, 3.8) is 0 Å². The number of ether oxygens (including phenoxy) is 3. The van der Waals surface area contributed by atoms with Gasteiger partial charge in [0.2, 0.25) is 0 Å². The summed E-state index contributed by atoms with van der Waals surface area (Å²) in [7, 11) is 5.52. The zero-order valence-electron chi connectivity index (χ0n) is 31.5. The van der Waals surface area contributed by atoms with E-state index in [0.29, 0.717) is 19.3 Å². The standard InChI is InChI=1S/C39H75NO7/c1-6-8-10-12-14-16-18-20-21-23-25-27-29-37(41)46-34-35(33-45-32-31-36(39(43)44)40(3,4)5)47-38(42)30-28-26-24-22-19-17-15-13-11-9-7-2/h35-36H,6-34H2,1-5H3/p+1. The van der Waals surface area contributed by atoms with E-state index in [-0.39, 0.29) is 36.2 Å². The Labute approximate surface area is 289 Å². The van der Waals surface area contributed by atoms with Gasteiger partial charge in [-0.15, -0.1) is 0 Å². The second kappa shape index (κ2) is 31.6. The van der Waals surface area contributed by atoms with E-state index in [0.717, 1.165) is 38.5 Å². The average molecular weight is 671 g/mol. The first-order valence-electron chi connectivity index (χ1n) is 19.6. The van der Waals surface area contributed by atoms with Crippen LogP contribution in [0.4, 0.5) is 0 Å². The molecule has 0 aromatic rings. The van der Waals surface area contributed by atoms with Crippen LogP contribution in [0.5, 0.6) is 0 Å². The van der Waals surface area contributed by atoms with Crippen molar-refractivity contribution in [2.24, 2.45) is 0 Å². The molecule has 0 radical (unpaired) electrons. The Morgan fingerprint density at radius 1 is 0.553 bits per heavy atom.